The Morgan fingerprint density at radius 3 is 2.06 bits per heavy atom. The molecule has 174 valence electrons. The number of nitrogens with one attached hydrogen (secondary N) is 2. The largest absolute Gasteiger partial charge is 0.399 e. The molecule has 0 heterocycles. The lowest BCUT2D eigenvalue weighted by Gasteiger charge is -2.14. The molecule has 3 aromatic carbocycles. The predicted molar refractivity (Wildman–Crippen MR) is 126 cm³/mol. The zero-order valence-electron chi connectivity index (χ0n) is 17.7. The Kier molecular flexibility index (Phi) is 7.47. The van der Waals surface area contributed by atoms with E-state index in [9.17, 15) is 22.0 Å². The maximum Gasteiger partial charge on any atom is 0.200 e. The van der Waals surface area contributed by atoms with E-state index in [2.05, 4.69) is 28.8 Å². The van der Waals surface area contributed by atoms with Crippen LogP contribution in [0.2, 0.25) is 0 Å². The summed E-state index contributed by atoms with van der Waals surface area (Å²) in [6, 6.07) is 13.5. The summed E-state index contributed by atoms with van der Waals surface area (Å²) in [7, 11) is 0. The van der Waals surface area contributed by atoms with Gasteiger partial charge in [0.1, 0.15) is 0 Å². The highest BCUT2D eigenvalue weighted by atomic mass is 19.2. The van der Waals surface area contributed by atoms with Crippen LogP contribution in [0.5, 0.6) is 0 Å². The molecule has 3 rings (SSSR count). The number of hydrogen-bond acceptors (Lipinski definition) is 3. The molecule has 4 nitrogen and oxygen atoms in total. The van der Waals surface area contributed by atoms with Crippen molar-refractivity contribution in [1.82, 2.24) is 0 Å². The highest BCUT2D eigenvalue weighted by Gasteiger charge is 2.27. The van der Waals surface area contributed by atoms with Gasteiger partial charge in [0, 0.05) is 29.0 Å². The van der Waals surface area contributed by atoms with Crippen molar-refractivity contribution in [2.45, 2.75) is 0 Å². The van der Waals surface area contributed by atoms with Crippen molar-refractivity contribution in [3.63, 3.8) is 0 Å². The Morgan fingerprint density at radius 2 is 1.41 bits per heavy atom. The first-order valence-electron chi connectivity index (χ1n) is 9.76. The number of nitrogens with zero attached hydrogens (tertiary/aromatic N) is 1. The van der Waals surface area contributed by atoms with Gasteiger partial charge in [-0.15, -0.1) is 0 Å². The molecule has 0 aliphatic rings. The van der Waals surface area contributed by atoms with Crippen LogP contribution in [0.3, 0.4) is 0 Å². The number of nitrogen functional groups attached to an aromatic ring is 1. The molecule has 0 bridgehead atoms. The van der Waals surface area contributed by atoms with Crippen LogP contribution >= 0.6 is 0 Å². The smallest absolute Gasteiger partial charge is 0.200 e. The number of hydrogen-bond donors (Lipinski definition) is 3. The lowest BCUT2D eigenvalue weighted by atomic mass is 10.1. The highest BCUT2D eigenvalue weighted by Crippen LogP contribution is 2.29. The Balaban J connectivity index is 1.65. The summed E-state index contributed by atoms with van der Waals surface area (Å²) in [6.07, 6.45) is 4.62. The quantitative estimate of drug-likeness (QED) is 0.0652. The van der Waals surface area contributed by atoms with Gasteiger partial charge in [0.05, 0.1) is 11.9 Å². The van der Waals surface area contributed by atoms with Crippen LogP contribution in [-0.2, 0) is 0 Å². The van der Waals surface area contributed by atoms with Crippen LogP contribution in [0.1, 0.15) is 11.1 Å². The number of benzene rings is 3. The molecule has 0 fully saturated rings. The van der Waals surface area contributed by atoms with Gasteiger partial charge < -0.3 is 16.4 Å². The number of anilines is 3. The lowest BCUT2D eigenvalue weighted by Crippen LogP contribution is -2.10. The molecule has 0 aromatic heterocycles. The first-order chi connectivity index (χ1) is 16.2. The number of nitrogens with two attached hydrogens (primary N) is 1. The van der Waals surface area contributed by atoms with Crippen molar-refractivity contribution in [2.24, 2.45) is 4.99 Å². The van der Waals surface area contributed by atoms with E-state index < -0.39 is 40.3 Å². The van der Waals surface area contributed by atoms with E-state index in [0.717, 1.165) is 11.1 Å². The summed E-state index contributed by atoms with van der Waals surface area (Å²) >= 11 is 0. The van der Waals surface area contributed by atoms with E-state index in [1.807, 2.05) is 12.1 Å². The molecule has 0 spiro atoms. The normalized spacial score (nSPS) is 11.2. The van der Waals surface area contributed by atoms with E-state index in [-0.39, 0.29) is 0 Å². The van der Waals surface area contributed by atoms with E-state index >= 15 is 0 Å². The SMILES string of the molecule is C=C(/C=C\N=C\Nc1cccc(NC(=C)c2c(F)c(F)c(F)c(F)c2F)c1)c1ccc(N)cc1. The molecule has 4 N–H and O–H groups in total. The second kappa shape index (κ2) is 10.5. The number of halogens is 5. The third kappa shape index (κ3) is 5.50. The zero-order chi connectivity index (χ0) is 24.8. The molecule has 0 atom stereocenters. The van der Waals surface area contributed by atoms with E-state index in [0.29, 0.717) is 17.1 Å². The monoisotopic (exact) mass is 470 g/mol. The fourth-order valence-electron chi connectivity index (χ4n) is 2.87. The van der Waals surface area contributed by atoms with Crippen LogP contribution in [0.4, 0.5) is 39.0 Å². The second-order valence-corrected chi connectivity index (χ2v) is 7.01. The van der Waals surface area contributed by atoms with Crippen LogP contribution in [0, 0.1) is 29.1 Å². The minimum atomic E-state index is -2.23. The van der Waals surface area contributed by atoms with Gasteiger partial charge >= 0.3 is 0 Å². The first kappa shape index (κ1) is 24.2. The van der Waals surface area contributed by atoms with Gasteiger partial charge in [-0.05, 0) is 47.5 Å². The molecule has 0 amide bonds. The molecule has 0 aliphatic heterocycles. The Bertz CT molecular complexity index is 1270. The van der Waals surface area contributed by atoms with Crippen molar-refractivity contribution in [2.75, 3.05) is 16.4 Å². The molecule has 0 saturated carbocycles. The maximum atomic E-state index is 14.0. The van der Waals surface area contributed by atoms with Gasteiger partial charge in [0.2, 0.25) is 5.82 Å². The van der Waals surface area contributed by atoms with Crippen LogP contribution in [-0.4, -0.2) is 6.34 Å². The fourth-order valence-corrected chi connectivity index (χ4v) is 2.87. The Labute approximate surface area is 192 Å². The summed E-state index contributed by atoms with van der Waals surface area (Å²) in [5.41, 5.74) is 7.11. The molecule has 0 radical (unpaired) electrons. The minimum Gasteiger partial charge on any atom is -0.399 e. The van der Waals surface area contributed by atoms with Gasteiger partial charge in [-0.25, -0.2) is 26.9 Å². The highest BCUT2D eigenvalue weighted by molar-refractivity contribution is 5.81. The second-order valence-electron chi connectivity index (χ2n) is 7.01. The summed E-state index contributed by atoms with van der Waals surface area (Å²) in [5.74, 6) is -10.3. The molecule has 3 aromatic rings. The van der Waals surface area contributed by atoms with E-state index in [1.165, 1.54) is 24.7 Å². The lowest BCUT2D eigenvalue weighted by molar-refractivity contribution is 0.376. The van der Waals surface area contributed by atoms with Gasteiger partial charge in [-0.2, -0.15) is 0 Å². The third-order valence-corrected chi connectivity index (χ3v) is 4.62. The summed E-state index contributed by atoms with van der Waals surface area (Å²) in [5, 5.41) is 5.43. The third-order valence-electron chi connectivity index (χ3n) is 4.62. The Hall–Kier alpha value is -4.40. The molecule has 34 heavy (non-hydrogen) atoms. The summed E-state index contributed by atoms with van der Waals surface area (Å²) in [4.78, 5) is 4.08. The van der Waals surface area contributed by atoms with Crippen LogP contribution in [0.25, 0.3) is 11.3 Å². The topological polar surface area (TPSA) is 62.4 Å². The van der Waals surface area contributed by atoms with E-state index in [4.69, 9.17) is 5.73 Å². The van der Waals surface area contributed by atoms with Gasteiger partial charge in [-0.3, -0.25) is 0 Å². The summed E-state index contributed by atoms with van der Waals surface area (Å²) < 4.78 is 68.1. The standard InChI is InChI=1S/C25H19F5N4/c1-14(16-6-8-17(31)9-7-16)10-11-32-13-33-18-4-3-5-19(12-18)34-15(2)20-21(26)23(28)25(30)24(29)22(20)27/h3-13,34H,1-2,31H2,(H,32,33)/b11-10-. The van der Waals surface area contributed by atoms with Crippen molar-refractivity contribution in [3.05, 3.63) is 114 Å². The molecule has 9 heteroatoms. The molecule has 0 saturated heterocycles. The number of rotatable bonds is 8. The number of allylic oxidation sites excluding steroid dienone is 2. The maximum absolute atomic E-state index is 14.0. The predicted octanol–water partition coefficient (Wildman–Crippen LogP) is 6.71. The van der Waals surface area contributed by atoms with Crippen LogP contribution in [0.15, 0.2) is 79.0 Å². The Morgan fingerprint density at radius 1 is 0.824 bits per heavy atom. The summed E-state index contributed by atoms with van der Waals surface area (Å²) in [6.45, 7) is 7.34. The molecule has 0 unspecified atom stereocenters. The van der Waals surface area contributed by atoms with Gasteiger partial charge in [-0.1, -0.05) is 31.4 Å². The van der Waals surface area contributed by atoms with Gasteiger partial charge in [0.25, 0.3) is 0 Å². The molecule has 0 aliphatic carbocycles. The molecular weight excluding hydrogens is 451 g/mol. The van der Waals surface area contributed by atoms with Crippen molar-refractivity contribution in [3.8, 4) is 0 Å². The van der Waals surface area contributed by atoms with Crippen LogP contribution < -0.4 is 16.4 Å². The van der Waals surface area contributed by atoms with Gasteiger partial charge in [0.15, 0.2) is 23.3 Å². The number of aliphatic imine (C=N–C) groups is 1. The first-order valence-corrected chi connectivity index (χ1v) is 9.76. The zero-order valence-corrected chi connectivity index (χ0v) is 17.7. The van der Waals surface area contributed by atoms with Crippen molar-refractivity contribution in [1.29, 1.82) is 0 Å². The van der Waals surface area contributed by atoms with Crippen molar-refractivity contribution < 1.29 is 22.0 Å². The van der Waals surface area contributed by atoms with Crippen molar-refractivity contribution >= 4 is 34.7 Å². The average Bonchev–Trinajstić information content (AvgIpc) is 2.82. The average molecular weight is 470 g/mol. The fraction of sp³-hybridized carbons (Fsp3) is 0. The van der Waals surface area contributed by atoms with E-state index in [1.54, 1.807) is 30.3 Å². The minimum absolute atomic E-state index is 0.291. The molecular formula is C25H19F5N4.